The molecule has 0 amide bonds. The van der Waals surface area contributed by atoms with E-state index in [-0.39, 0.29) is 0 Å². The lowest BCUT2D eigenvalue weighted by atomic mass is 9.90. The second kappa shape index (κ2) is 9.28. The van der Waals surface area contributed by atoms with Gasteiger partial charge in [-0.15, -0.1) is 11.3 Å². The van der Waals surface area contributed by atoms with Gasteiger partial charge in [-0.25, -0.2) is 9.97 Å². The zero-order valence-corrected chi connectivity index (χ0v) is 18.0. The van der Waals surface area contributed by atoms with E-state index in [1.807, 2.05) is 31.2 Å². The Bertz CT molecular complexity index is 1070. The lowest BCUT2D eigenvalue weighted by Crippen LogP contribution is -2.29. The van der Waals surface area contributed by atoms with E-state index in [0.717, 1.165) is 57.4 Å². The molecule has 1 aliphatic rings. The molecule has 0 saturated heterocycles. The van der Waals surface area contributed by atoms with Gasteiger partial charge >= 0.3 is 6.18 Å². The van der Waals surface area contributed by atoms with Crippen molar-refractivity contribution >= 4 is 16.9 Å². The number of halogens is 3. The molecule has 3 aromatic heterocycles. The molecule has 0 radical (unpaired) electrons. The average Bonchev–Trinajstić information content (AvgIpc) is 3.15. The number of alkyl halides is 3. The van der Waals surface area contributed by atoms with E-state index < -0.39 is 12.7 Å². The van der Waals surface area contributed by atoms with Crippen LogP contribution in [0.25, 0.3) is 26.7 Å². The molecule has 8 heteroatoms. The van der Waals surface area contributed by atoms with Gasteiger partial charge in [0.1, 0.15) is 5.01 Å². The molecule has 0 saturated carbocycles. The van der Waals surface area contributed by atoms with Crippen LogP contribution in [0.4, 0.5) is 13.2 Å². The van der Waals surface area contributed by atoms with Crippen molar-refractivity contribution < 1.29 is 13.2 Å². The molecular formula is C23H23F3N4S. The summed E-state index contributed by atoms with van der Waals surface area (Å²) in [6.45, 7) is 1.31. The van der Waals surface area contributed by atoms with E-state index in [1.165, 1.54) is 5.56 Å². The molecule has 4 rings (SSSR count). The van der Waals surface area contributed by atoms with Gasteiger partial charge in [0.25, 0.3) is 0 Å². The molecule has 0 fully saturated rings. The summed E-state index contributed by atoms with van der Waals surface area (Å²) in [5.74, 6) is 0. The monoisotopic (exact) mass is 444 g/mol. The number of aryl methyl sites for hydroxylation is 2. The standard InChI is InChI=1S/C23H23F3N4S/c1-15-21(31-22(29-15)18-8-4-11-27-13-18)19-10-9-17-6-2-5-16(20(17)30-19)7-3-12-28-14-23(24,25)26/h4,7-11,13,28H,2-3,5-6,12,14H2,1H3/b16-7+. The third-order valence-electron chi connectivity index (χ3n) is 5.15. The molecule has 0 bridgehead atoms. The Hall–Kier alpha value is -2.58. The number of hydrogen-bond donors (Lipinski definition) is 1. The van der Waals surface area contributed by atoms with Crippen LogP contribution in [-0.2, 0) is 6.42 Å². The normalized spacial score (nSPS) is 15.3. The van der Waals surface area contributed by atoms with E-state index in [1.54, 1.807) is 23.7 Å². The van der Waals surface area contributed by atoms with Gasteiger partial charge < -0.3 is 5.32 Å². The van der Waals surface area contributed by atoms with Gasteiger partial charge in [0.2, 0.25) is 0 Å². The average molecular weight is 445 g/mol. The molecule has 1 N–H and O–H groups in total. The summed E-state index contributed by atoms with van der Waals surface area (Å²) in [5, 5.41) is 3.36. The van der Waals surface area contributed by atoms with Gasteiger partial charge in [-0.05, 0) is 68.5 Å². The fourth-order valence-corrected chi connectivity index (χ4v) is 4.73. The van der Waals surface area contributed by atoms with Crippen LogP contribution in [0.2, 0.25) is 0 Å². The first kappa shape index (κ1) is 21.6. The summed E-state index contributed by atoms with van der Waals surface area (Å²) in [6, 6.07) is 8.04. The predicted octanol–water partition coefficient (Wildman–Crippen LogP) is 5.84. The summed E-state index contributed by atoms with van der Waals surface area (Å²) in [6.07, 6.45) is 4.82. The molecule has 0 aromatic carbocycles. The molecule has 0 spiro atoms. The number of rotatable bonds is 6. The third kappa shape index (κ3) is 5.37. The second-order valence-corrected chi connectivity index (χ2v) is 8.54. The van der Waals surface area contributed by atoms with Crippen LogP contribution in [0.5, 0.6) is 0 Å². The minimum atomic E-state index is -4.18. The molecule has 31 heavy (non-hydrogen) atoms. The SMILES string of the molecule is Cc1nc(-c2cccnc2)sc1-c1ccc2c(n1)/C(=C/CCNCC(F)(F)F)CCC2. The van der Waals surface area contributed by atoms with Crippen molar-refractivity contribution in [3.8, 4) is 21.1 Å². The van der Waals surface area contributed by atoms with Crippen LogP contribution in [0.15, 0.2) is 42.7 Å². The Morgan fingerprint density at radius 1 is 1.16 bits per heavy atom. The minimum Gasteiger partial charge on any atom is -0.308 e. The quantitative estimate of drug-likeness (QED) is 0.486. The smallest absolute Gasteiger partial charge is 0.308 e. The maximum Gasteiger partial charge on any atom is 0.401 e. The van der Waals surface area contributed by atoms with Gasteiger partial charge in [0, 0.05) is 18.0 Å². The Balaban J connectivity index is 1.56. The number of fused-ring (bicyclic) bond motifs is 1. The van der Waals surface area contributed by atoms with Crippen LogP contribution >= 0.6 is 11.3 Å². The molecule has 4 nitrogen and oxygen atoms in total. The number of pyridine rings is 2. The van der Waals surface area contributed by atoms with Crippen LogP contribution in [0, 0.1) is 6.92 Å². The highest BCUT2D eigenvalue weighted by atomic mass is 32.1. The van der Waals surface area contributed by atoms with Crippen molar-refractivity contribution in [3.63, 3.8) is 0 Å². The molecule has 1 aliphatic carbocycles. The van der Waals surface area contributed by atoms with Crippen LogP contribution in [0.3, 0.4) is 0 Å². The highest BCUT2D eigenvalue weighted by Gasteiger charge is 2.26. The van der Waals surface area contributed by atoms with Gasteiger partial charge in [-0.1, -0.05) is 12.1 Å². The number of hydrogen-bond acceptors (Lipinski definition) is 5. The van der Waals surface area contributed by atoms with Crippen molar-refractivity contribution in [2.24, 2.45) is 0 Å². The van der Waals surface area contributed by atoms with Crippen molar-refractivity contribution in [3.05, 3.63) is 59.7 Å². The zero-order valence-electron chi connectivity index (χ0n) is 17.2. The van der Waals surface area contributed by atoms with E-state index >= 15 is 0 Å². The second-order valence-electron chi connectivity index (χ2n) is 7.54. The van der Waals surface area contributed by atoms with E-state index in [0.29, 0.717) is 13.0 Å². The van der Waals surface area contributed by atoms with Crippen molar-refractivity contribution in [1.82, 2.24) is 20.3 Å². The first-order valence-electron chi connectivity index (χ1n) is 10.3. The van der Waals surface area contributed by atoms with Gasteiger partial charge in [-0.3, -0.25) is 4.98 Å². The van der Waals surface area contributed by atoms with Crippen molar-refractivity contribution in [2.75, 3.05) is 13.1 Å². The Morgan fingerprint density at radius 2 is 2.03 bits per heavy atom. The largest absolute Gasteiger partial charge is 0.401 e. The lowest BCUT2D eigenvalue weighted by Gasteiger charge is -2.19. The minimum absolute atomic E-state index is 0.292. The first-order chi connectivity index (χ1) is 14.9. The Kier molecular flexibility index (Phi) is 6.48. The van der Waals surface area contributed by atoms with E-state index in [9.17, 15) is 13.2 Å². The number of allylic oxidation sites excluding steroid dienone is 1. The van der Waals surface area contributed by atoms with Crippen molar-refractivity contribution in [2.45, 2.75) is 38.8 Å². The summed E-state index contributed by atoms with van der Waals surface area (Å²) >= 11 is 1.59. The molecule has 3 heterocycles. The van der Waals surface area contributed by atoms with Crippen LogP contribution < -0.4 is 5.32 Å². The highest BCUT2D eigenvalue weighted by molar-refractivity contribution is 7.18. The lowest BCUT2D eigenvalue weighted by molar-refractivity contribution is -0.124. The van der Waals surface area contributed by atoms with Gasteiger partial charge in [0.15, 0.2) is 0 Å². The number of thiazole rings is 1. The van der Waals surface area contributed by atoms with E-state index in [2.05, 4.69) is 16.4 Å². The first-order valence-corrected chi connectivity index (χ1v) is 11.1. The summed E-state index contributed by atoms with van der Waals surface area (Å²) in [5.41, 5.74) is 6.06. The number of nitrogens with one attached hydrogen (secondary N) is 1. The summed E-state index contributed by atoms with van der Waals surface area (Å²) < 4.78 is 36.9. The van der Waals surface area contributed by atoms with Gasteiger partial charge in [-0.2, -0.15) is 13.2 Å². The van der Waals surface area contributed by atoms with Crippen LogP contribution in [0.1, 0.15) is 36.2 Å². The zero-order chi connectivity index (χ0) is 21.8. The molecule has 162 valence electrons. The molecular weight excluding hydrogens is 421 g/mol. The maximum absolute atomic E-state index is 12.3. The highest BCUT2D eigenvalue weighted by Crippen LogP contribution is 2.37. The molecule has 0 atom stereocenters. The number of aromatic nitrogens is 3. The van der Waals surface area contributed by atoms with Gasteiger partial charge in [0.05, 0.1) is 28.5 Å². The van der Waals surface area contributed by atoms with Crippen molar-refractivity contribution in [1.29, 1.82) is 0 Å². The molecule has 0 aliphatic heterocycles. The fraction of sp³-hybridized carbons (Fsp3) is 0.348. The van der Waals surface area contributed by atoms with E-state index in [4.69, 9.17) is 9.97 Å². The number of nitrogens with zero attached hydrogens (tertiary/aromatic N) is 3. The topological polar surface area (TPSA) is 50.7 Å². The van der Waals surface area contributed by atoms with Crippen LogP contribution in [-0.4, -0.2) is 34.2 Å². The predicted molar refractivity (Wildman–Crippen MR) is 118 cm³/mol. The third-order valence-corrected chi connectivity index (χ3v) is 6.38. The molecule has 3 aromatic rings. The Morgan fingerprint density at radius 3 is 2.81 bits per heavy atom. The maximum atomic E-state index is 12.3. The Labute approximate surface area is 183 Å². The summed E-state index contributed by atoms with van der Waals surface area (Å²) in [4.78, 5) is 14.9. The fourth-order valence-electron chi connectivity index (χ4n) is 3.71. The summed E-state index contributed by atoms with van der Waals surface area (Å²) in [7, 11) is 0. The molecule has 0 unspecified atom stereocenters.